The number of carbonyl (C=O) groups excluding carboxylic acids is 1. The summed E-state index contributed by atoms with van der Waals surface area (Å²) < 4.78 is 110. The normalized spacial score (nSPS) is 11.9. The van der Waals surface area contributed by atoms with Crippen LogP contribution in [0.4, 0.5) is 40.8 Å². The highest BCUT2D eigenvalue weighted by Gasteiger charge is 2.30. The van der Waals surface area contributed by atoms with Gasteiger partial charge < -0.3 is 14.4 Å². The van der Waals surface area contributed by atoms with E-state index in [1.165, 1.54) is 0 Å². The van der Waals surface area contributed by atoms with Crippen LogP contribution >= 0.6 is 0 Å². The summed E-state index contributed by atoms with van der Waals surface area (Å²) in [5.41, 5.74) is -0.329. The van der Waals surface area contributed by atoms with Gasteiger partial charge in [-0.2, -0.15) is 36.3 Å². The van der Waals surface area contributed by atoms with Crippen molar-refractivity contribution in [2.75, 3.05) is 25.2 Å². The molecule has 1 aromatic heterocycles. The minimum atomic E-state index is -4.77. The van der Waals surface area contributed by atoms with Crippen molar-refractivity contribution in [1.82, 2.24) is 9.97 Å². The van der Waals surface area contributed by atoms with Crippen LogP contribution in [0.3, 0.4) is 0 Å². The Balaban J connectivity index is 2.24. The van der Waals surface area contributed by atoms with Crippen LogP contribution in [0.5, 0.6) is 11.8 Å². The summed E-state index contributed by atoms with van der Waals surface area (Å²) in [6.07, 6.45) is -10.3. The number of amides is 1. The number of hydrogen-bond acceptors (Lipinski definition) is 5. The Kier molecular flexibility index (Phi) is 7.23. The van der Waals surface area contributed by atoms with Gasteiger partial charge in [0.25, 0.3) is 0 Å². The molecule has 1 heterocycles. The van der Waals surface area contributed by atoms with Crippen LogP contribution in [0.25, 0.3) is 0 Å². The molecule has 2 aromatic rings. The van der Waals surface area contributed by atoms with E-state index in [0.717, 1.165) is 24.1 Å². The average Bonchev–Trinajstić information content (AvgIpc) is 2.63. The first kappa shape index (κ1) is 24.1. The molecule has 14 heteroatoms. The molecule has 1 aromatic carbocycles. The van der Waals surface area contributed by atoms with Crippen molar-refractivity contribution >= 4 is 11.6 Å². The summed E-state index contributed by atoms with van der Waals surface area (Å²) in [6.45, 7) is -3.62. The van der Waals surface area contributed by atoms with Crippen molar-refractivity contribution in [1.29, 1.82) is 0 Å². The summed E-state index contributed by atoms with van der Waals surface area (Å²) in [6, 6.07) is 2.96. The lowest BCUT2D eigenvalue weighted by Crippen LogP contribution is -2.29. The Hall–Kier alpha value is -3.19. The van der Waals surface area contributed by atoms with E-state index < -0.39 is 67.1 Å². The fourth-order valence-electron chi connectivity index (χ4n) is 2.13. The van der Waals surface area contributed by atoms with Gasteiger partial charge in [-0.1, -0.05) is 0 Å². The Bertz CT molecular complexity index is 898. The average molecular weight is 459 g/mol. The molecule has 31 heavy (non-hydrogen) atoms. The molecule has 0 fully saturated rings. The Morgan fingerprint density at radius 2 is 1.45 bits per heavy atom. The number of likely N-dealkylation sites (N-methyl/N-ethyl adjacent to an activating group) is 1. The lowest BCUT2D eigenvalue weighted by atomic mass is 10.2. The van der Waals surface area contributed by atoms with Crippen LogP contribution < -0.4 is 14.4 Å². The third-order valence-electron chi connectivity index (χ3n) is 3.45. The van der Waals surface area contributed by atoms with E-state index in [9.17, 15) is 39.9 Å². The van der Waals surface area contributed by atoms with E-state index in [0.29, 0.717) is 12.1 Å². The molecule has 0 aliphatic carbocycles. The molecule has 0 saturated heterocycles. The first-order valence-electron chi connectivity index (χ1n) is 8.22. The lowest BCUT2D eigenvalue weighted by molar-refractivity contribution is -0.154. The summed E-state index contributed by atoms with van der Waals surface area (Å²) in [5, 5.41) is 0. The third-order valence-corrected chi connectivity index (χ3v) is 3.45. The van der Waals surface area contributed by atoms with Gasteiger partial charge in [0.2, 0.25) is 17.7 Å². The molecule has 0 N–H and O–H groups in total. The van der Waals surface area contributed by atoms with Crippen molar-refractivity contribution in [3.05, 3.63) is 41.7 Å². The summed E-state index contributed by atoms with van der Waals surface area (Å²) in [4.78, 5) is 20.2. The Morgan fingerprint density at radius 3 is 1.90 bits per heavy atom. The number of rotatable bonds is 7. The smallest absolute Gasteiger partial charge is 0.422 e. The number of aromatic nitrogens is 2. The van der Waals surface area contributed by atoms with Gasteiger partial charge in [-0.15, -0.1) is 0 Å². The predicted octanol–water partition coefficient (Wildman–Crippen LogP) is 3.84. The number of benzene rings is 1. The summed E-state index contributed by atoms with van der Waals surface area (Å²) in [5.74, 6) is -5.00. The maximum absolute atomic E-state index is 13.8. The van der Waals surface area contributed by atoms with Gasteiger partial charge in [-0.05, 0) is 12.1 Å². The first-order chi connectivity index (χ1) is 14.2. The second-order valence-corrected chi connectivity index (χ2v) is 5.99. The van der Waals surface area contributed by atoms with Gasteiger partial charge in [-0.3, -0.25) is 4.79 Å². The molecule has 0 saturated carbocycles. The highest BCUT2D eigenvalue weighted by atomic mass is 19.4. The molecule has 0 unspecified atom stereocenters. The quantitative estimate of drug-likeness (QED) is 0.589. The van der Waals surface area contributed by atoms with Gasteiger partial charge in [0, 0.05) is 13.1 Å². The zero-order valence-corrected chi connectivity index (χ0v) is 15.5. The number of alkyl halides is 6. The second-order valence-electron chi connectivity index (χ2n) is 5.99. The molecule has 0 bridgehead atoms. The number of carbonyl (C=O) groups is 1. The largest absolute Gasteiger partial charge is 0.468 e. The van der Waals surface area contributed by atoms with Gasteiger partial charge in [0.15, 0.2) is 13.2 Å². The van der Waals surface area contributed by atoms with E-state index in [1.54, 1.807) is 0 Å². The Labute approximate surface area is 169 Å². The summed E-state index contributed by atoms with van der Waals surface area (Å²) >= 11 is 0. The minimum Gasteiger partial charge on any atom is -0.468 e. The molecule has 0 radical (unpaired) electrons. The van der Waals surface area contributed by atoms with Crippen molar-refractivity contribution in [3.63, 3.8) is 0 Å². The van der Waals surface area contributed by atoms with Gasteiger partial charge in [0.1, 0.15) is 17.5 Å². The number of ether oxygens (including phenoxy) is 2. The van der Waals surface area contributed by atoms with Crippen LogP contribution in [0, 0.1) is 11.6 Å². The van der Waals surface area contributed by atoms with Crippen LogP contribution in [0.2, 0.25) is 0 Å². The number of anilines is 1. The van der Waals surface area contributed by atoms with Crippen molar-refractivity contribution in [3.8, 4) is 11.8 Å². The highest BCUT2D eigenvalue weighted by Crippen LogP contribution is 2.24. The zero-order valence-electron chi connectivity index (χ0n) is 15.5. The topological polar surface area (TPSA) is 64.6 Å². The first-order valence-corrected chi connectivity index (χ1v) is 8.22. The second kappa shape index (κ2) is 9.31. The highest BCUT2D eigenvalue weighted by molar-refractivity contribution is 5.93. The van der Waals surface area contributed by atoms with Crippen molar-refractivity contribution in [2.24, 2.45) is 0 Å². The van der Waals surface area contributed by atoms with Crippen molar-refractivity contribution < 1.29 is 49.4 Å². The Morgan fingerprint density at radius 1 is 0.935 bits per heavy atom. The third kappa shape index (κ3) is 7.86. The van der Waals surface area contributed by atoms with E-state index in [2.05, 4.69) is 19.4 Å². The standard InChI is InChI=1S/C17H13F8N3O3/c1-28(11-3-2-9(18)4-10(11)19)15(29)5-12-26-13(30-7-16(20,21)22)6-14(27-12)31-8-17(23,24)25/h2-4,6H,5,7-8H2,1H3. The lowest BCUT2D eigenvalue weighted by Gasteiger charge is -2.18. The van der Waals surface area contributed by atoms with Crippen LogP contribution in [-0.2, 0) is 11.2 Å². The monoisotopic (exact) mass is 459 g/mol. The molecule has 170 valence electrons. The molecule has 6 nitrogen and oxygen atoms in total. The molecule has 0 atom stereocenters. The summed E-state index contributed by atoms with van der Waals surface area (Å²) in [7, 11) is 1.11. The van der Waals surface area contributed by atoms with Gasteiger partial charge >= 0.3 is 12.4 Å². The molecule has 0 aliphatic heterocycles. The molecule has 0 aliphatic rings. The zero-order chi connectivity index (χ0) is 23.4. The fourth-order valence-corrected chi connectivity index (χ4v) is 2.13. The van der Waals surface area contributed by atoms with Gasteiger partial charge in [-0.25, -0.2) is 8.78 Å². The van der Waals surface area contributed by atoms with Crippen LogP contribution in [0.1, 0.15) is 5.82 Å². The molecule has 0 spiro atoms. The van der Waals surface area contributed by atoms with E-state index in [1.807, 2.05) is 0 Å². The van der Waals surface area contributed by atoms with E-state index in [-0.39, 0.29) is 5.69 Å². The van der Waals surface area contributed by atoms with Gasteiger partial charge in [0.05, 0.1) is 18.2 Å². The number of hydrogen-bond donors (Lipinski definition) is 0. The predicted molar refractivity (Wildman–Crippen MR) is 88.6 cm³/mol. The fraction of sp³-hybridized carbons (Fsp3) is 0.353. The minimum absolute atomic E-state index is 0.329. The molecular weight excluding hydrogens is 446 g/mol. The van der Waals surface area contributed by atoms with Crippen LogP contribution in [-0.4, -0.2) is 48.5 Å². The SMILES string of the molecule is CN(C(=O)Cc1nc(OCC(F)(F)F)cc(OCC(F)(F)F)n1)c1ccc(F)cc1F. The van der Waals surface area contributed by atoms with Crippen molar-refractivity contribution in [2.45, 2.75) is 18.8 Å². The molecule has 2 rings (SSSR count). The molecular formula is C17H13F8N3O3. The maximum atomic E-state index is 13.8. The maximum Gasteiger partial charge on any atom is 0.422 e. The number of halogens is 8. The van der Waals surface area contributed by atoms with Crippen LogP contribution in [0.15, 0.2) is 24.3 Å². The number of nitrogens with zero attached hydrogens (tertiary/aromatic N) is 3. The molecule has 1 amide bonds. The van der Waals surface area contributed by atoms with E-state index >= 15 is 0 Å². The van der Waals surface area contributed by atoms with E-state index in [4.69, 9.17) is 0 Å².